The minimum absolute atomic E-state index is 0.0217. The summed E-state index contributed by atoms with van der Waals surface area (Å²) >= 11 is 0. The van der Waals surface area contributed by atoms with E-state index in [9.17, 15) is 53.8 Å². The molecule has 0 aliphatic carbocycles. The zero-order chi connectivity index (χ0) is 38.1. The first-order valence-corrected chi connectivity index (χ1v) is 20.4. The molecule has 17 heteroatoms. The molecule has 5 nitrogen and oxygen atoms in total. The molecule has 48 heavy (non-hydrogen) atoms. The lowest BCUT2D eigenvalue weighted by molar-refractivity contribution is -0.283. The molecular weight excluding hydrogens is 698 g/mol. The highest BCUT2D eigenvalue weighted by Gasteiger charge is 2.60. The molecule has 0 spiro atoms. The second-order valence-corrected chi connectivity index (χ2v) is 23.4. The van der Waals surface area contributed by atoms with Gasteiger partial charge in [0.05, 0.1) is 25.4 Å². The Balaban J connectivity index is 7.45. The molecule has 1 N–H and O–H groups in total. The smallest absolute Gasteiger partial charge is 0.453 e. The first-order chi connectivity index (χ1) is 21.6. The zero-order valence-electron chi connectivity index (χ0n) is 29.1. The van der Waals surface area contributed by atoms with Gasteiger partial charge in [-0.2, -0.15) is 43.9 Å². The standard InChI is InChI=1S/C31H52F10O5Si2/c1-11-12-24(42)19-26(46-48(22(6)7,23(8)9)18-16-29(34,35)31(39,40)41)25(13-14-27(43)44-10)45-47(20(2)3,21(4)5)17-15-28(32,33)30(36,37)38/h11,13-14,20-26,42H,1,12,15-19H2,2-10H3/b14-13+/t24-,25-,26-/m1/s1. The monoisotopic (exact) mass is 750 g/mol. The highest BCUT2D eigenvalue weighted by Crippen LogP contribution is 2.48. The predicted octanol–water partition coefficient (Wildman–Crippen LogP) is 10.5. The maximum Gasteiger partial charge on any atom is 0.453 e. The summed E-state index contributed by atoms with van der Waals surface area (Å²) in [7, 11) is -6.40. The van der Waals surface area contributed by atoms with Gasteiger partial charge in [-0.15, -0.1) is 6.58 Å². The molecule has 0 aromatic rings. The van der Waals surface area contributed by atoms with Gasteiger partial charge in [0.25, 0.3) is 0 Å². The molecule has 0 aromatic carbocycles. The van der Waals surface area contributed by atoms with E-state index in [4.69, 9.17) is 8.85 Å². The minimum Gasteiger partial charge on any atom is -0.466 e. The van der Waals surface area contributed by atoms with Crippen molar-refractivity contribution >= 4 is 22.6 Å². The summed E-state index contributed by atoms with van der Waals surface area (Å²) in [4.78, 5) is 12.2. The lowest BCUT2D eigenvalue weighted by Gasteiger charge is -2.47. The molecule has 0 unspecified atom stereocenters. The number of carbonyl (C=O) groups excluding carboxylic acids is 1. The Morgan fingerprint density at radius 3 is 1.42 bits per heavy atom. The van der Waals surface area contributed by atoms with Gasteiger partial charge in [-0.25, -0.2) is 4.79 Å². The Kier molecular flexibility index (Phi) is 17.6. The SMILES string of the molecule is C=CC[C@@H](O)C[C@@H](O[Si](CCC(F)(F)C(F)(F)F)(C(C)C)C(C)C)[C@@H](/C=C/C(=O)OC)O[Si](CCC(F)(F)C(F)(F)F)(C(C)C)C(C)C. The van der Waals surface area contributed by atoms with Crippen LogP contribution in [0, 0.1) is 0 Å². The largest absolute Gasteiger partial charge is 0.466 e. The molecule has 0 heterocycles. The van der Waals surface area contributed by atoms with Crippen LogP contribution in [-0.4, -0.2) is 77.3 Å². The summed E-state index contributed by atoms with van der Waals surface area (Å²) in [6, 6.07) is -1.36. The highest BCUT2D eigenvalue weighted by molar-refractivity contribution is 6.77. The Bertz CT molecular complexity index is 1010. The van der Waals surface area contributed by atoms with Gasteiger partial charge >= 0.3 is 30.2 Å². The third-order valence-corrected chi connectivity index (χ3v) is 20.4. The van der Waals surface area contributed by atoms with Gasteiger partial charge in [0.1, 0.15) is 0 Å². The summed E-state index contributed by atoms with van der Waals surface area (Å²) in [6.07, 6.45) is -15.8. The predicted molar refractivity (Wildman–Crippen MR) is 169 cm³/mol. The van der Waals surface area contributed by atoms with Gasteiger partial charge in [-0.05, 0) is 46.7 Å². The van der Waals surface area contributed by atoms with E-state index in [1.807, 2.05) is 0 Å². The van der Waals surface area contributed by atoms with E-state index in [0.29, 0.717) is 0 Å². The maximum absolute atomic E-state index is 14.3. The number of halogens is 10. The van der Waals surface area contributed by atoms with E-state index in [2.05, 4.69) is 11.3 Å². The minimum atomic E-state index is -5.83. The molecule has 284 valence electrons. The van der Waals surface area contributed by atoms with E-state index < -0.39 is 112 Å². The van der Waals surface area contributed by atoms with Gasteiger partial charge in [0.15, 0.2) is 16.6 Å². The van der Waals surface area contributed by atoms with Crippen LogP contribution in [0.3, 0.4) is 0 Å². The van der Waals surface area contributed by atoms with Crippen molar-refractivity contribution in [3.8, 4) is 0 Å². The normalized spacial score (nSPS) is 16.3. The lowest BCUT2D eigenvalue weighted by atomic mass is 10.0. The fourth-order valence-corrected chi connectivity index (χ4v) is 15.2. The van der Waals surface area contributed by atoms with Crippen molar-refractivity contribution in [2.75, 3.05) is 7.11 Å². The lowest BCUT2D eigenvalue weighted by Crippen LogP contribution is -2.55. The van der Waals surface area contributed by atoms with Gasteiger partial charge in [-0.1, -0.05) is 61.5 Å². The highest BCUT2D eigenvalue weighted by atomic mass is 28.4. The van der Waals surface area contributed by atoms with Crippen molar-refractivity contribution in [3.63, 3.8) is 0 Å². The topological polar surface area (TPSA) is 65.0 Å². The average Bonchev–Trinajstić information content (AvgIpc) is 2.92. The average molecular weight is 751 g/mol. The van der Waals surface area contributed by atoms with Gasteiger partial charge in [0, 0.05) is 25.3 Å². The number of aliphatic hydroxyl groups excluding tert-OH is 1. The molecule has 0 saturated heterocycles. The number of methoxy groups -OCH3 is 1. The van der Waals surface area contributed by atoms with Crippen molar-refractivity contribution in [1.29, 1.82) is 0 Å². The fourth-order valence-electron chi connectivity index (χ4n) is 5.96. The molecule has 0 aliphatic rings. The first-order valence-electron chi connectivity index (χ1n) is 15.9. The van der Waals surface area contributed by atoms with Crippen molar-refractivity contribution in [3.05, 3.63) is 24.8 Å². The maximum atomic E-state index is 14.3. The van der Waals surface area contributed by atoms with Crippen LogP contribution >= 0.6 is 0 Å². The molecule has 0 saturated carbocycles. The molecule has 0 amide bonds. The van der Waals surface area contributed by atoms with E-state index in [1.165, 1.54) is 6.08 Å². The van der Waals surface area contributed by atoms with Crippen LogP contribution in [0.4, 0.5) is 43.9 Å². The Morgan fingerprint density at radius 2 is 1.10 bits per heavy atom. The number of alkyl halides is 10. The van der Waals surface area contributed by atoms with Gasteiger partial charge in [0.2, 0.25) is 0 Å². The van der Waals surface area contributed by atoms with Crippen LogP contribution in [-0.2, 0) is 18.4 Å². The van der Waals surface area contributed by atoms with Crippen molar-refractivity contribution < 1.29 is 67.4 Å². The molecule has 3 atom stereocenters. The molecule has 0 radical (unpaired) electrons. The van der Waals surface area contributed by atoms with E-state index in [0.717, 1.165) is 19.3 Å². The van der Waals surface area contributed by atoms with Crippen molar-refractivity contribution in [1.82, 2.24) is 0 Å². The zero-order valence-corrected chi connectivity index (χ0v) is 31.1. The molecule has 0 aromatic heterocycles. The van der Waals surface area contributed by atoms with E-state index >= 15 is 0 Å². The van der Waals surface area contributed by atoms with Crippen LogP contribution in [0.1, 0.15) is 81.1 Å². The summed E-state index contributed by atoms with van der Waals surface area (Å²) in [5.74, 6) is -11.0. The van der Waals surface area contributed by atoms with Crippen LogP contribution in [0.15, 0.2) is 24.8 Å². The Morgan fingerprint density at radius 1 is 0.729 bits per heavy atom. The molecular formula is C31H52F10O5Si2. The first kappa shape index (κ1) is 46.6. The number of esters is 1. The molecule has 0 fully saturated rings. The van der Waals surface area contributed by atoms with E-state index in [-0.39, 0.29) is 12.8 Å². The van der Waals surface area contributed by atoms with Crippen LogP contribution in [0.25, 0.3) is 0 Å². The van der Waals surface area contributed by atoms with Gasteiger partial charge in [-0.3, -0.25) is 0 Å². The van der Waals surface area contributed by atoms with Crippen molar-refractivity contribution in [2.24, 2.45) is 0 Å². The molecule has 0 rings (SSSR count). The summed E-state index contributed by atoms with van der Waals surface area (Å²) < 4.78 is 154. The summed E-state index contributed by atoms with van der Waals surface area (Å²) in [5.41, 5.74) is -2.32. The fraction of sp³-hybridized carbons (Fsp3) is 0.839. The second-order valence-electron chi connectivity index (χ2n) is 13.5. The number of rotatable bonds is 21. The molecule has 0 aliphatic heterocycles. The Labute approximate surface area is 279 Å². The molecule has 0 bridgehead atoms. The number of ether oxygens (including phenoxy) is 1. The van der Waals surface area contributed by atoms with Crippen LogP contribution < -0.4 is 0 Å². The summed E-state index contributed by atoms with van der Waals surface area (Å²) in [5, 5.41) is 10.9. The van der Waals surface area contributed by atoms with Crippen molar-refractivity contribution in [2.45, 2.75) is 158 Å². The van der Waals surface area contributed by atoms with E-state index in [1.54, 1.807) is 55.4 Å². The Hall–Kier alpha value is -1.44. The van der Waals surface area contributed by atoms with Crippen LogP contribution in [0.5, 0.6) is 0 Å². The third kappa shape index (κ3) is 12.4. The van der Waals surface area contributed by atoms with Crippen LogP contribution in [0.2, 0.25) is 34.3 Å². The number of aliphatic hydroxyl groups is 1. The second kappa shape index (κ2) is 18.2. The summed E-state index contributed by atoms with van der Waals surface area (Å²) in [6.45, 7) is 16.4. The third-order valence-electron chi connectivity index (χ3n) is 9.06. The quantitative estimate of drug-likeness (QED) is 0.0416. The number of carbonyl (C=O) groups is 1. The number of hydrogen-bond acceptors (Lipinski definition) is 5. The van der Waals surface area contributed by atoms with Gasteiger partial charge < -0.3 is 18.7 Å². The number of hydrogen-bond donors (Lipinski definition) is 1.